The Bertz CT molecular complexity index is 947. The molecule has 1 unspecified atom stereocenters. The number of thiophene rings is 1. The predicted octanol–water partition coefficient (Wildman–Crippen LogP) is 3.72. The molecule has 2 heterocycles. The molecule has 6 heteroatoms. The molecule has 3 aromatic rings. The average Bonchev–Trinajstić information content (AvgIpc) is 3.05. The SMILES string of the molecule is CC(NC(=O)c1cc2ccccc2s1)c1ccc2c(c1)NC(=O)CO2. The lowest BCUT2D eigenvalue weighted by atomic mass is 10.1. The van der Waals surface area contributed by atoms with Gasteiger partial charge in [-0.15, -0.1) is 11.3 Å². The van der Waals surface area contributed by atoms with Crippen LogP contribution in [-0.4, -0.2) is 18.4 Å². The Morgan fingerprint density at radius 3 is 2.92 bits per heavy atom. The van der Waals surface area contributed by atoms with Crippen LogP contribution >= 0.6 is 11.3 Å². The van der Waals surface area contributed by atoms with E-state index in [-0.39, 0.29) is 24.5 Å². The molecule has 2 amide bonds. The summed E-state index contributed by atoms with van der Waals surface area (Å²) in [7, 11) is 0. The van der Waals surface area contributed by atoms with Crippen LogP contribution in [0.25, 0.3) is 10.1 Å². The van der Waals surface area contributed by atoms with Crippen molar-refractivity contribution in [1.82, 2.24) is 5.32 Å². The van der Waals surface area contributed by atoms with Gasteiger partial charge in [0.1, 0.15) is 5.75 Å². The summed E-state index contributed by atoms with van der Waals surface area (Å²) in [6, 6.07) is 15.2. The number of nitrogens with one attached hydrogen (secondary N) is 2. The normalized spacial score (nSPS) is 14.4. The van der Waals surface area contributed by atoms with Crippen molar-refractivity contribution in [3.8, 4) is 5.75 Å². The molecule has 1 atom stereocenters. The highest BCUT2D eigenvalue weighted by Crippen LogP contribution is 2.31. The molecule has 0 saturated carbocycles. The summed E-state index contributed by atoms with van der Waals surface area (Å²) < 4.78 is 6.45. The second-order valence-electron chi connectivity index (χ2n) is 5.94. The van der Waals surface area contributed by atoms with Gasteiger partial charge >= 0.3 is 0 Å². The molecule has 4 rings (SSSR count). The lowest BCUT2D eigenvalue weighted by Gasteiger charge is -2.20. The molecule has 0 aliphatic carbocycles. The number of rotatable bonds is 3. The second kappa shape index (κ2) is 6.22. The number of hydrogen-bond donors (Lipinski definition) is 2. The highest BCUT2D eigenvalue weighted by Gasteiger charge is 2.19. The van der Waals surface area contributed by atoms with Gasteiger partial charge in [-0.3, -0.25) is 9.59 Å². The van der Waals surface area contributed by atoms with E-state index in [9.17, 15) is 9.59 Å². The third-order valence-corrected chi connectivity index (χ3v) is 5.25. The van der Waals surface area contributed by atoms with Gasteiger partial charge in [0, 0.05) is 4.70 Å². The fourth-order valence-corrected chi connectivity index (χ4v) is 3.78. The Morgan fingerprint density at radius 2 is 2.08 bits per heavy atom. The first kappa shape index (κ1) is 15.7. The zero-order valence-electron chi connectivity index (χ0n) is 13.5. The molecule has 0 fully saturated rings. The van der Waals surface area contributed by atoms with Crippen LogP contribution in [0, 0.1) is 0 Å². The maximum absolute atomic E-state index is 12.5. The van der Waals surface area contributed by atoms with E-state index in [2.05, 4.69) is 10.6 Å². The monoisotopic (exact) mass is 352 g/mol. The van der Waals surface area contributed by atoms with Crippen LogP contribution in [0.1, 0.15) is 28.2 Å². The standard InChI is InChI=1S/C19H16N2O3S/c1-11(12-6-7-15-14(8-12)21-18(22)10-24-15)20-19(23)17-9-13-4-2-3-5-16(13)25-17/h2-9,11H,10H2,1H3,(H,20,23)(H,21,22). The van der Waals surface area contributed by atoms with Crippen LogP contribution < -0.4 is 15.4 Å². The van der Waals surface area contributed by atoms with Gasteiger partial charge in [-0.25, -0.2) is 0 Å². The van der Waals surface area contributed by atoms with E-state index in [1.54, 1.807) is 0 Å². The third kappa shape index (κ3) is 3.08. The highest BCUT2D eigenvalue weighted by atomic mass is 32.1. The maximum Gasteiger partial charge on any atom is 0.262 e. The number of fused-ring (bicyclic) bond motifs is 2. The van der Waals surface area contributed by atoms with Crippen molar-refractivity contribution >= 4 is 38.9 Å². The summed E-state index contributed by atoms with van der Waals surface area (Å²) in [4.78, 5) is 24.7. The predicted molar refractivity (Wildman–Crippen MR) is 98.3 cm³/mol. The molecule has 2 aromatic carbocycles. The van der Waals surface area contributed by atoms with Crippen molar-refractivity contribution < 1.29 is 14.3 Å². The van der Waals surface area contributed by atoms with Crippen LogP contribution in [0.4, 0.5) is 5.69 Å². The number of amides is 2. The molecule has 0 spiro atoms. The zero-order valence-corrected chi connectivity index (χ0v) is 14.4. The minimum Gasteiger partial charge on any atom is -0.482 e. The van der Waals surface area contributed by atoms with Crippen LogP contribution in [0.5, 0.6) is 5.75 Å². The molecule has 126 valence electrons. The molecule has 1 aliphatic heterocycles. The summed E-state index contributed by atoms with van der Waals surface area (Å²) in [6.07, 6.45) is 0. The minimum absolute atomic E-state index is 0.0323. The molecular formula is C19H16N2O3S. The highest BCUT2D eigenvalue weighted by molar-refractivity contribution is 7.20. The zero-order chi connectivity index (χ0) is 17.4. The van der Waals surface area contributed by atoms with E-state index in [0.717, 1.165) is 15.6 Å². The van der Waals surface area contributed by atoms with Crippen LogP contribution in [0.15, 0.2) is 48.5 Å². The average molecular weight is 352 g/mol. The number of carbonyl (C=O) groups excluding carboxylic acids is 2. The van der Waals surface area contributed by atoms with E-state index < -0.39 is 0 Å². The first-order valence-corrected chi connectivity index (χ1v) is 8.78. The van der Waals surface area contributed by atoms with Gasteiger partial charge in [0.15, 0.2) is 6.61 Å². The molecule has 0 radical (unpaired) electrons. The first-order valence-electron chi connectivity index (χ1n) is 7.96. The summed E-state index contributed by atoms with van der Waals surface area (Å²) in [5.74, 6) is 0.365. The Labute approximate surface area is 148 Å². The molecule has 0 bridgehead atoms. The number of ether oxygens (including phenoxy) is 1. The summed E-state index contributed by atoms with van der Waals surface area (Å²) in [5.41, 5.74) is 1.54. The van der Waals surface area contributed by atoms with Crippen molar-refractivity contribution in [3.63, 3.8) is 0 Å². The van der Waals surface area contributed by atoms with Crippen LogP contribution in [-0.2, 0) is 4.79 Å². The third-order valence-electron chi connectivity index (χ3n) is 4.13. The van der Waals surface area contributed by atoms with Crippen molar-refractivity contribution in [1.29, 1.82) is 0 Å². The number of anilines is 1. The Kier molecular flexibility index (Phi) is 3.89. The smallest absolute Gasteiger partial charge is 0.262 e. The van der Waals surface area contributed by atoms with Gasteiger partial charge in [0.05, 0.1) is 16.6 Å². The number of carbonyl (C=O) groups is 2. The van der Waals surface area contributed by atoms with E-state index in [1.165, 1.54) is 11.3 Å². The van der Waals surface area contributed by atoms with Crippen LogP contribution in [0.2, 0.25) is 0 Å². The second-order valence-corrected chi connectivity index (χ2v) is 7.02. The summed E-state index contributed by atoms with van der Waals surface area (Å²) >= 11 is 1.48. The molecule has 25 heavy (non-hydrogen) atoms. The fourth-order valence-electron chi connectivity index (χ4n) is 2.81. The van der Waals surface area contributed by atoms with Gasteiger partial charge < -0.3 is 15.4 Å². The maximum atomic E-state index is 12.5. The van der Waals surface area contributed by atoms with Gasteiger partial charge in [-0.1, -0.05) is 24.3 Å². The molecule has 5 nitrogen and oxygen atoms in total. The van der Waals surface area contributed by atoms with Gasteiger partial charge in [-0.05, 0) is 42.1 Å². The van der Waals surface area contributed by atoms with Gasteiger partial charge in [0.25, 0.3) is 11.8 Å². The Hall–Kier alpha value is -2.86. The van der Waals surface area contributed by atoms with Crippen molar-refractivity contribution in [2.45, 2.75) is 13.0 Å². The molecule has 1 aliphatic rings. The number of benzene rings is 2. The van der Waals surface area contributed by atoms with E-state index in [4.69, 9.17) is 4.74 Å². The quantitative estimate of drug-likeness (QED) is 0.755. The summed E-state index contributed by atoms with van der Waals surface area (Å²) in [6.45, 7) is 1.95. The topological polar surface area (TPSA) is 67.4 Å². The summed E-state index contributed by atoms with van der Waals surface area (Å²) in [5, 5.41) is 6.86. The molecule has 1 aromatic heterocycles. The molecular weight excluding hydrogens is 336 g/mol. The van der Waals surface area contributed by atoms with Gasteiger partial charge in [0.2, 0.25) is 0 Å². The lowest BCUT2D eigenvalue weighted by Crippen LogP contribution is -2.27. The van der Waals surface area contributed by atoms with E-state index >= 15 is 0 Å². The lowest BCUT2D eigenvalue weighted by molar-refractivity contribution is -0.118. The van der Waals surface area contributed by atoms with Crippen molar-refractivity contribution in [3.05, 3.63) is 59.0 Å². The first-order chi connectivity index (χ1) is 12.1. The van der Waals surface area contributed by atoms with Crippen LogP contribution in [0.3, 0.4) is 0 Å². The molecule has 0 saturated heterocycles. The minimum atomic E-state index is -0.193. The number of hydrogen-bond acceptors (Lipinski definition) is 4. The Morgan fingerprint density at radius 1 is 1.24 bits per heavy atom. The molecule has 2 N–H and O–H groups in total. The van der Waals surface area contributed by atoms with Gasteiger partial charge in [-0.2, -0.15) is 0 Å². The van der Waals surface area contributed by atoms with E-state index in [1.807, 2.05) is 55.5 Å². The van der Waals surface area contributed by atoms with Crippen molar-refractivity contribution in [2.24, 2.45) is 0 Å². The van der Waals surface area contributed by atoms with E-state index in [0.29, 0.717) is 16.3 Å². The van der Waals surface area contributed by atoms with Crippen molar-refractivity contribution in [2.75, 3.05) is 11.9 Å². The Balaban J connectivity index is 1.53. The fraction of sp³-hybridized carbons (Fsp3) is 0.158. The largest absolute Gasteiger partial charge is 0.482 e.